The lowest BCUT2D eigenvalue weighted by Crippen LogP contribution is -2.33. The summed E-state index contributed by atoms with van der Waals surface area (Å²) in [7, 11) is 0. The Morgan fingerprint density at radius 3 is 2.66 bits per heavy atom. The maximum absolute atomic E-state index is 10.2. The van der Waals surface area contributed by atoms with Crippen LogP contribution in [0.5, 0.6) is 5.75 Å². The van der Waals surface area contributed by atoms with E-state index in [2.05, 4.69) is 30.3 Å². The third-order valence-corrected chi connectivity index (χ3v) is 7.20. The average Bonchev–Trinajstić information content (AvgIpc) is 3.29. The van der Waals surface area contributed by atoms with Crippen LogP contribution in [0.4, 0.5) is 0 Å². The third-order valence-electron chi connectivity index (χ3n) is 6.83. The second-order valence-electron chi connectivity index (χ2n) is 9.36. The Kier molecular flexibility index (Phi) is 7.71. The van der Waals surface area contributed by atoms with Gasteiger partial charge in [-0.05, 0) is 52.4 Å². The Morgan fingerprint density at radius 2 is 1.83 bits per heavy atom. The molecule has 2 heterocycles. The molecule has 5 nitrogen and oxygen atoms in total. The van der Waals surface area contributed by atoms with E-state index in [1.807, 2.05) is 36.4 Å². The summed E-state index contributed by atoms with van der Waals surface area (Å²) in [5.74, 6) is 0.833. The zero-order valence-electron chi connectivity index (χ0n) is 19.6. The predicted molar refractivity (Wildman–Crippen MR) is 135 cm³/mol. The molecule has 1 unspecified atom stereocenters. The van der Waals surface area contributed by atoms with Gasteiger partial charge in [-0.3, -0.25) is 0 Å². The van der Waals surface area contributed by atoms with Crippen molar-refractivity contribution in [3.8, 4) is 5.75 Å². The Balaban J connectivity index is 1.18. The molecule has 0 radical (unpaired) electrons. The summed E-state index contributed by atoms with van der Waals surface area (Å²) in [5.41, 5.74) is 5.63. The van der Waals surface area contributed by atoms with E-state index < -0.39 is 6.10 Å². The molecule has 4 atom stereocenters. The number of aliphatic hydroxyl groups excluding tert-OH is 2. The summed E-state index contributed by atoms with van der Waals surface area (Å²) >= 11 is 6.50. The van der Waals surface area contributed by atoms with Crippen molar-refractivity contribution in [3.05, 3.63) is 99.6 Å². The smallest absolute Gasteiger partial charge is 0.119 e. The van der Waals surface area contributed by atoms with E-state index in [0.717, 1.165) is 28.9 Å². The lowest BCUT2D eigenvalue weighted by molar-refractivity contribution is -0.113. The minimum absolute atomic E-state index is 0.0938. The molecule has 3 aromatic rings. The maximum Gasteiger partial charge on any atom is 0.119 e. The molecule has 0 bridgehead atoms. The highest BCUT2D eigenvalue weighted by molar-refractivity contribution is 6.31. The van der Waals surface area contributed by atoms with Crippen molar-refractivity contribution in [2.75, 3.05) is 13.2 Å². The van der Waals surface area contributed by atoms with Crippen LogP contribution in [0, 0.1) is 0 Å². The maximum atomic E-state index is 10.2. The molecule has 5 rings (SSSR count). The van der Waals surface area contributed by atoms with E-state index in [-0.39, 0.29) is 24.9 Å². The van der Waals surface area contributed by atoms with Gasteiger partial charge < -0.3 is 24.4 Å². The van der Waals surface area contributed by atoms with Crippen LogP contribution >= 0.6 is 11.6 Å². The summed E-state index contributed by atoms with van der Waals surface area (Å²) in [6.07, 6.45) is 1.50. The van der Waals surface area contributed by atoms with Crippen molar-refractivity contribution in [1.82, 2.24) is 0 Å². The SMILES string of the molecule is OC[C@@H]1C[C@H](O)C[C@H](c2ccc(Cl)c(Cc3ccc(OCCC4OCc5ccccc54)cc3)c2)O1. The van der Waals surface area contributed by atoms with Crippen LogP contribution in [0.1, 0.15) is 59.3 Å². The first kappa shape index (κ1) is 24.3. The quantitative estimate of drug-likeness (QED) is 0.430. The van der Waals surface area contributed by atoms with Gasteiger partial charge in [0.2, 0.25) is 0 Å². The molecule has 0 spiro atoms. The number of benzene rings is 3. The summed E-state index contributed by atoms with van der Waals surface area (Å²) in [4.78, 5) is 0. The van der Waals surface area contributed by atoms with Gasteiger partial charge in [0, 0.05) is 24.3 Å². The lowest BCUT2D eigenvalue weighted by Gasteiger charge is -2.32. The number of aliphatic hydroxyl groups is 2. The fourth-order valence-corrected chi connectivity index (χ4v) is 5.14. The summed E-state index contributed by atoms with van der Waals surface area (Å²) in [6.45, 7) is 1.17. The highest BCUT2D eigenvalue weighted by atomic mass is 35.5. The van der Waals surface area contributed by atoms with Gasteiger partial charge in [-0.2, -0.15) is 0 Å². The Morgan fingerprint density at radius 1 is 1.00 bits per heavy atom. The molecule has 0 saturated carbocycles. The van der Waals surface area contributed by atoms with E-state index in [1.54, 1.807) is 0 Å². The van der Waals surface area contributed by atoms with Crippen molar-refractivity contribution in [2.45, 2.75) is 56.7 Å². The Bertz CT molecular complexity index is 1130. The molecule has 0 aromatic heterocycles. The number of rotatable bonds is 8. The Labute approximate surface area is 211 Å². The minimum atomic E-state index is -0.479. The van der Waals surface area contributed by atoms with Crippen LogP contribution < -0.4 is 4.74 Å². The van der Waals surface area contributed by atoms with E-state index in [9.17, 15) is 10.2 Å². The average molecular weight is 495 g/mol. The normalized spacial score (nSPS) is 23.7. The second-order valence-corrected chi connectivity index (χ2v) is 9.77. The van der Waals surface area contributed by atoms with E-state index >= 15 is 0 Å². The topological polar surface area (TPSA) is 68.2 Å². The summed E-state index contributed by atoms with van der Waals surface area (Å²) < 4.78 is 17.8. The molecule has 184 valence electrons. The van der Waals surface area contributed by atoms with Crippen LogP contribution in [0.3, 0.4) is 0 Å². The fourth-order valence-electron chi connectivity index (χ4n) is 4.96. The van der Waals surface area contributed by atoms with Gasteiger partial charge in [0.05, 0.1) is 44.2 Å². The van der Waals surface area contributed by atoms with Crippen molar-refractivity contribution < 1.29 is 24.4 Å². The Hall–Kier alpha value is -2.41. The molecule has 6 heteroatoms. The standard InChI is InChI=1S/C29H31ClO5/c30-27-10-7-20(29-16-23(32)15-25(17-31)35-29)14-22(27)13-19-5-8-24(9-6-19)33-12-11-28-26-4-2-1-3-21(26)18-34-28/h1-10,14,23,25,28-29,31-32H,11-13,15-18H2/t23-,25-,28?,29+/m0/s1. The van der Waals surface area contributed by atoms with Crippen molar-refractivity contribution in [1.29, 1.82) is 0 Å². The number of hydrogen-bond acceptors (Lipinski definition) is 5. The van der Waals surface area contributed by atoms with Crippen LogP contribution in [0.25, 0.3) is 0 Å². The molecule has 0 aliphatic carbocycles. The first-order chi connectivity index (χ1) is 17.1. The summed E-state index contributed by atoms with van der Waals surface area (Å²) in [6, 6.07) is 22.3. The largest absolute Gasteiger partial charge is 0.493 e. The molecule has 3 aromatic carbocycles. The van der Waals surface area contributed by atoms with Gasteiger partial charge in [-0.15, -0.1) is 0 Å². The van der Waals surface area contributed by atoms with Gasteiger partial charge in [-0.25, -0.2) is 0 Å². The van der Waals surface area contributed by atoms with Crippen LogP contribution in [0.2, 0.25) is 5.02 Å². The number of hydrogen-bond donors (Lipinski definition) is 2. The molecule has 2 aliphatic heterocycles. The van der Waals surface area contributed by atoms with E-state index in [4.69, 9.17) is 25.8 Å². The van der Waals surface area contributed by atoms with E-state index in [1.165, 1.54) is 11.1 Å². The lowest BCUT2D eigenvalue weighted by atomic mass is 9.94. The fraction of sp³-hybridized carbons (Fsp3) is 0.379. The second kappa shape index (κ2) is 11.1. The van der Waals surface area contributed by atoms with Crippen LogP contribution in [0.15, 0.2) is 66.7 Å². The first-order valence-electron chi connectivity index (χ1n) is 12.2. The first-order valence-corrected chi connectivity index (χ1v) is 12.6. The molecule has 1 saturated heterocycles. The zero-order valence-corrected chi connectivity index (χ0v) is 20.4. The number of fused-ring (bicyclic) bond motifs is 1. The van der Waals surface area contributed by atoms with Crippen LogP contribution in [-0.2, 0) is 22.5 Å². The molecule has 2 aliphatic rings. The summed E-state index contributed by atoms with van der Waals surface area (Å²) in [5, 5.41) is 20.3. The molecule has 2 N–H and O–H groups in total. The van der Waals surface area contributed by atoms with Crippen LogP contribution in [-0.4, -0.2) is 35.6 Å². The van der Waals surface area contributed by atoms with E-state index in [0.29, 0.717) is 37.5 Å². The van der Waals surface area contributed by atoms with Crippen molar-refractivity contribution in [2.24, 2.45) is 0 Å². The molecule has 1 fully saturated rings. The molecule has 35 heavy (non-hydrogen) atoms. The van der Waals surface area contributed by atoms with Gasteiger partial charge in [0.15, 0.2) is 0 Å². The van der Waals surface area contributed by atoms with Gasteiger partial charge >= 0.3 is 0 Å². The monoisotopic (exact) mass is 494 g/mol. The predicted octanol–water partition coefficient (Wildman–Crippen LogP) is 5.54. The highest BCUT2D eigenvalue weighted by Crippen LogP contribution is 2.34. The molecule has 0 amide bonds. The van der Waals surface area contributed by atoms with Gasteiger partial charge in [0.25, 0.3) is 0 Å². The van der Waals surface area contributed by atoms with Gasteiger partial charge in [-0.1, -0.05) is 60.1 Å². The number of halogens is 1. The minimum Gasteiger partial charge on any atom is -0.493 e. The zero-order chi connectivity index (χ0) is 24.2. The molecular weight excluding hydrogens is 464 g/mol. The number of ether oxygens (including phenoxy) is 3. The highest BCUT2D eigenvalue weighted by Gasteiger charge is 2.29. The van der Waals surface area contributed by atoms with Crippen molar-refractivity contribution >= 4 is 11.6 Å². The van der Waals surface area contributed by atoms with Crippen molar-refractivity contribution in [3.63, 3.8) is 0 Å². The molecular formula is C29H31ClO5. The van der Waals surface area contributed by atoms with Gasteiger partial charge in [0.1, 0.15) is 5.75 Å². The third kappa shape index (κ3) is 5.88.